The maximum absolute atomic E-state index is 11.6. The maximum Gasteiger partial charge on any atom is 0.330 e. The van der Waals surface area contributed by atoms with Crippen molar-refractivity contribution in [1.29, 1.82) is 0 Å². The van der Waals surface area contributed by atoms with Gasteiger partial charge in [0.2, 0.25) is 0 Å². The molecule has 0 saturated carbocycles. The summed E-state index contributed by atoms with van der Waals surface area (Å²) in [6.45, 7) is 9.24. The summed E-state index contributed by atoms with van der Waals surface area (Å²) in [6, 6.07) is 0. The van der Waals surface area contributed by atoms with Crippen LogP contribution in [-0.4, -0.2) is 56.7 Å². The van der Waals surface area contributed by atoms with Crippen molar-refractivity contribution in [2.75, 3.05) is 46.1 Å². The third-order valence-corrected chi connectivity index (χ3v) is 7.73. The average molecular weight is 519 g/mol. The van der Waals surface area contributed by atoms with E-state index in [0.29, 0.717) is 26.2 Å². The van der Waals surface area contributed by atoms with Gasteiger partial charge in [-0.15, -0.1) is 0 Å². The molecule has 7 heteroatoms. The van der Waals surface area contributed by atoms with Crippen LogP contribution < -0.4 is 4.90 Å². The molecule has 0 radical (unpaired) electrons. The summed E-state index contributed by atoms with van der Waals surface area (Å²) in [6.07, 6.45) is 21.9. The molecule has 0 aliphatic carbocycles. The Bertz CT molecular complexity index is 476. The van der Waals surface area contributed by atoms with Crippen LogP contribution in [0, 0.1) is 5.92 Å². The van der Waals surface area contributed by atoms with E-state index in [1.54, 1.807) is 11.8 Å². The van der Waals surface area contributed by atoms with Crippen molar-refractivity contribution in [3.8, 4) is 0 Å². The lowest BCUT2D eigenvalue weighted by Gasteiger charge is -2.18. The summed E-state index contributed by atoms with van der Waals surface area (Å²) in [5, 5.41) is 0. The number of carbonyl (C=O) groups is 1. The van der Waals surface area contributed by atoms with Gasteiger partial charge in [0.15, 0.2) is 0 Å². The van der Waals surface area contributed by atoms with Crippen LogP contribution in [0.3, 0.4) is 0 Å². The second kappa shape index (κ2) is 24.2. The molecule has 208 valence electrons. The fourth-order valence-corrected chi connectivity index (χ4v) is 5.48. The largest absolute Gasteiger partial charge is 0.381 e. The number of rotatable bonds is 26. The number of carbonyl (C=O) groups excluding carboxylic acids is 1. The van der Waals surface area contributed by atoms with E-state index < -0.39 is 8.60 Å². The van der Waals surface area contributed by atoms with Crippen LogP contribution in [0.5, 0.6) is 0 Å². The summed E-state index contributed by atoms with van der Waals surface area (Å²) < 4.78 is 16.8. The molecule has 0 spiro atoms. The van der Waals surface area contributed by atoms with Gasteiger partial charge in [0.05, 0.1) is 26.3 Å². The predicted octanol–water partition coefficient (Wildman–Crippen LogP) is 6.01. The first-order valence-corrected chi connectivity index (χ1v) is 15.9. The van der Waals surface area contributed by atoms with Crippen molar-refractivity contribution < 1.29 is 28.4 Å². The highest BCUT2D eigenvalue weighted by molar-refractivity contribution is 7.40. The molecule has 0 aromatic carbocycles. The molecular weight excluding hydrogens is 461 g/mol. The zero-order valence-corrected chi connectivity index (χ0v) is 24.0. The maximum atomic E-state index is 11.6. The lowest BCUT2D eigenvalue weighted by atomic mass is 10.0. The van der Waals surface area contributed by atoms with Gasteiger partial charge in [0, 0.05) is 31.8 Å². The smallest absolute Gasteiger partial charge is 0.330 e. The fourth-order valence-electron chi connectivity index (χ4n) is 4.82. The number of Topliss-reactive ketones (excluding diaryl/α,β-unsaturated/α-hetero) is 1. The Kier molecular flexibility index (Phi) is 22.8. The molecule has 0 aromatic rings. The van der Waals surface area contributed by atoms with Crippen LogP contribution in [0.1, 0.15) is 123 Å². The third-order valence-electron chi connectivity index (χ3n) is 6.96. The molecule has 35 heavy (non-hydrogen) atoms. The number of ether oxygens (including phenoxy) is 1. The van der Waals surface area contributed by atoms with Crippen LogP contribution in [0.4, 0.5) is 0 Å². The Balaban J connectivity index is 1.93. The van der Waals surface area contributed by atoms with Crippen molar-refractivity contribution in [2.24, 2.45) is 5.92 Å². The van der Waals surface area contributed by atoms with Crippen molar-refractivity contribution in [3.63, 3.8) is 0 Å². The minimum absolute atomic E-state index is 0.0240. The van der Waals surface area contributed by atoms with Gasteiger partial charge in [-0.3, -0.25) is 0 Å². The normalized spacial score (nSPS) is 16.1. The second-order valence-electron chi connectivity index (χ2n) is 10.5. The van der Waals surface area contributed by atoms with E-state index in [0.717, 1.165) is 19.6 Å². The van der Waals surface area contributed by atoms with E-state index in [9.17, 15) is 9.69 Å². The van der Waals surface area contributed by atoms with Crippen LogP contribution >= 0.6 is 8.60 Å². The Morgan fingerprint density at radius 1 is 0.800 bits per heavy atom. The second-order valence-corrected chi connectivity index (χ2v) is 11.5. The van der Waals surface area contributed by atoms with Gasteiger partial charge in [-0.05, 0) is 13.3 Å². The number of likely N-dealkylation sites (tertiary alicyclic amines) is 1. The van der Waals surface area contributed by atoms with Gasteiger partial charge in [-0.25, -0.2) is 0 Å². The van der Waals surface area contributed by atoms with Crippen molar-refractivity contribution in [3.05, 3.63) is 0 Å². The predicted molar refractivity (Wildman–Crippen MR) is 146 cm³/mol. The Labute approximate surface area is 217 Å². The number of hydrogen-bond acceptors (Lipinski definition) is 5. The first-order chi connectivity index (χ1) is 17.1. The van der Waals surface area contributed by atoms with E-state index in [1.165, 1.54) is 109 Å². The van der Waals surface area contributed by atoms with Crippen molar-refractivity contribution in [2.45, 2.75) is 123 Å². The molecule has 1 fully saturated rings. The number of hydrogen-bond donors (Lipinski definition) is 2. The molecule has 1 heterocycles. The molecule has 2 N–H and O–H groups in total. The minimum Gasteiger partial charge on any atom is -0.381 e. The van der Waals surface area contributed by atoms with Gasteiger partial charge in [-0.2, -0.15) is 0 Å². The van der Waals surface area contributed by atoms with Gasteiger partial charge >= 0.3 is 8.60 Å². The first-order valence-electron chi connectivity index (χ1n) is 14.8. The molecule has 1 aliphatic rings. The molecule has 0 aromatic heterocycles. The molecule has 1 rings (SSSR count). The SMILES string of the molecule is CCCCCCCCCCCCCCCCOCC(COP(O)OCC[NH+]1CCCC1)CC(C)=O. The Morgan fingerprint density at radius 3 is 1.89 bits per heavy atom. The van der Waals surface area contributed by atoms with Gasteiger partial charge in [0.25, 0.3) is 0 Å². The highest BCUT2D eigenvalue weighted by Crippen LogP contribution is 2.33. The van der Waals surface area contributed by atoms with Crippen molar-refractivity contribution >= 4 is 14.4 Å². The Hall–Kier alpha value is -0.100. The number of nitrogens with one attached hydrogen (secondary N) is 1. The molecule has 2 unspecified atom stereocenters. The summed E-state index contributed by atoms with van der Waals surface area (Å²) in [5.41, 5.74) is 0. The summed E-state index contributed by atoms with van der Waals surface area (Å²) in [4.78, 5) is 23.1. The van der Waals surface area contributed by atoms with E-state index in [-0.39, 0.29) is 11.7 Å². The van der Waals surface area contributed by atoms with Crippen molar-refractivity contribution in [1.82, 2.24) is 0 Å². The quantitative estimate of drug-likeness (QED) is 0.108. The van der Waals surface area contributed by atoms with E-state index in [4.69, 9.17) is 13.8 Å². The van der Waals surface area contributed by atoms with Crippen LogP contribution in [0.25, 0.3) is 0 Å². The van der Waals surface area contributed by atoms with Gasteiger partial charge in [0.1, 0.15) is 18.9 Å². The molecular formula is C28H57NO5P+. The zero-order chi connectivity index (χ0) is 25.4. The highest BCUT2D eigenvalue weighted by atomic mass is 31.2. The number of quaternary nitrogens is 1. The monoisotopic (exact) mass is 518 g/mol. The van der Waals surface area contributed by atoms with Crippen LogP contribution in [0.15, 0.2) is 0 Å². The first kappa shape index (κ1) is 32.9. The van der Waals surface area contributed by atoms with E-state index in [2.05, 4.69) is 6.92 Å². The number of unbranched alkanes of at least 4 members (excludes halogenated alkanes) is 13. The minimum atomic E-state index is -1.88. The van der Waals surface area contributed by atoms with Gasteiger partial charge in [-0.1, -0.05) is 90.4 Å². The lowest BCUT2D eigenvalue weighted by Crippen LogP contribution is -3.10. The Morgan fingerprint density at radius 2 is 1.34 bits per heavy atom. The highest BCUT2D eigenvalue weighted by Gasteiger charge is 2.18. The standard InChI is InChI=1S/C28H56NO5P/c1-3-4-5-6-7-8-9-10-11-12-13-14-15-18-22-32-25-28(24-27(2)30)26-34-35(31)33-23-21-29-19-16-17-20-29/h28,31H,3-26H2,1-2H3/p+1. The summed E-state index contributed by atoms with van der Waals surface area (Å²) in [5.74, 6) is 0.101. The van der Waals surface area contributed by atoms with Crippen LogP contribution in [-0.2, 0) is 18.6 Å². The lowest BCUT2D eigenvalue weighted by molar-refractivity contribution is -0.887. The third kappa shape index (κ3) is 21.7. The molecule has 0 amide bonds. The average Bonchev–Trinajstić information content (AvgIpc) is 3.35. The topological polar surface area (TPSA) is 69.4 Å². The summed E-state index contributed by atoms with van der Waals surface area (Å²) >= 11 is 0. The van der Waals surface area contributed by atoms with E-state index in [1.807, 2.05) is 0 Å². The molecule has 1 saturated heterocycles. The zero-order valence-electron chi connectivity index (χ0n) is 23.1. The van der Waals surface area contributed by atoms with E-state index >= 15 is 0 Å². The fraction of sp³-hybridized carbons (Fsp3) is 0.964. The molecule has 1 aliphatic heterocycles. The van der Waals surface area contributed by atoms with Gasteiger partial charge < -0.3 is 28.4 Å². The molecule has 0 bridgehead atoms. The molecule has 2 atom stereocenters. The number of ketones is 1. The van der Waals surface area contributed by atoms with Crippen LogP contribution in [0.2, 0.25) is 0 Å². The molecule has 6 nitrogen and oxygen atoms in total. The summed E-state index contributed by atoms with van der Waals surface area (Å²) in [7, 11) is -1.88.